The van der Waals surface area contributed by atoms with Crippen LogP contribution >= 0.6 is 23.2 Å². The van der Waals surface area contributed by atoms with Crippen LogP contribution in [0.1, 0.15) is 11.4 Å². The molecule has 0 radical (unpaired) electrons. The maximum absolute atomic E-state index is 11.7. The monoisotopic (exact) mass is 312 g/mol. The van der Waals surface area contributed by atoms with E-state index in [1.54, 1.807) is 22.9 Å². The SMILES string of the molecule is Cc1cc(CNC(=O)Nc2ccc(Cl)c(Cl)c2)nn1C. The summed E-state index contributed by atoms with van der Waals surface area (Å²) in [6.07, 6.45) is 0. The quantitative estimate of drug-likeness (QED) is 0.913. The van der Waals surface area contributed by atoms with E-state index < -0.39 is 0 Å². The topological polar surface area (TPSA) is 59.0 Å². The number of nitrogens with zero attached hydrogens (tertiary/aromatic N) is 2. The fourth-order valence-electron chi connectivity index (χ4n) is 1.64. The van der Waals surface area contributed by atoms with E-state index in [0.717, 1.165) is 11.4 Å². The second-order valence-electron chi connectivity index (χ2n) is 4.34. The Bertz CT molecular complexity index is 620. The number of nitrogens with one attached hydrogen (secondary N) is 2. The van der Waals surface area contributed by atoms with Crippen molar-refractivity contribution in [2.45, 2.75) is 13.5 Å². The van der Waals surface area contributed by atoms with Crippen molar-refractivity contribution in [3.63, 3.8) is 0 Å². The smallest absolute Gasteiger partial charge is 0.319 e. The average Bonchev–Trinajstić information content (AvgIpc) is 2.71. The minimum absolute atomic E-state index is 0.327. The van der Waals surface area contributed by atoms with E-state index in [9.17, 15) is 4.79 Å². The van der Waals surface area contributed by atoms with Crippen molar-refractivity contribution in [1.29, 1.82) is 0 Å². The molecule has 0 aliphatic heterocycles. The van der Waals surface area contributed by atoms with Crippen molar-refractivity contribution in [1.82, 2.24) is 15.1 Å². The summed E-state index contributed by atoms with van der Waals surface area (Å²) in [5, 5.41) is 10.5. The number of hydrogen-bond acceptors (Lipinski definition) is 2. The molecule has 1 aromatic carbocycles. The molecule has 106 valence electrons. The number of carbonyl (C=O) groups is 1. The predicted molar refractivity (Wildman–Crippen MR) is 80.3 cm³/mol. The first-order valence-electron chi connectivity index (χ1n) is 5.95. The lowest BCUT2D eigenvalue weighted by Gasteiger charge is -2.07. The molecule has 0 spiro atoms. The minimum Gasteiger partial charge on any atom is -0.332 e. The Labute approximate surface area is 126 Å². The number of halogens is 2. The van der Waals surface area contributed by atoms with Crippen molar-refractivity contribution in [3.05, 3.63) is 45.7 Å². The molecule has 2 rings (SSSR count). The molecule has 0 saturated heterocycles. The third-order valence-corrected chi connectivity index (χ3v) is 3.51. The number of urea groups is 1. The Balaban J connectivity index is 1.90. The van der Waals surface area contributed by atoms with Crippen LogP contribution in [0.5, 0.6) is 0 Å². The van der Waals surface area contributed by atoms with Gasteiger partial charge >= 0.3 is 6.03 Å². The van der Waals surface area contributed by atoms with Gasteiger partial charge in [-0.3, -0.25) is 4.68 Å². The summed E-state index contributed by atoms with van der Waals surface area (Å²) in [6.45, 7) is 2.31. The molecule has 0 unspecified atom stereocenters. The van der Waals surface area contributed by atoms with Crippen LogP contribution in [0.15, 0.2) is 24.3 Å². The second kappa shape index (κ2) is 6.15. The van der Waals surface area contributed by atoms with E-state index in [2.05, 4.69) is 15.7 Å². The molecule has 0 aliphatic carbocycles. The zero-order valence-corrected chi connectivity index (χ0v) is 12.6. The number of aromatic nitrogens is 2. The Hall–Kier alpha value is -1.72. The zero-order chi connectivity index (χ0) is 14.7. The molecule has 5 nitrogen and oxygen atoms in total. The molecule has 2 N–H and O–H groups in total. The van der Waals surface area contributed by atoms with Crippen LogP contribution in [0.25, 0.3) is 0 Å². The standard InChI is InChI=1S/C13H14Cl2N4O/c1-8-5-10(18-19(8)2)7-16-13(20)17-9-3-4-11(14)12(15)6-9/h3-6H,7H2,1-2H3,(H2,16,17,20). The molecule has 0 atom stereocenters. The first-order chi connectivity index (χ1) is 9.45. The van der Waals surface area contributed by atoms with Gasteiger partial charge in [0, 0.05) is 18.4 Å². The van der Waals surface area contributed by atoms with Crippen molar-refractivity contribution in [2.75, 3.05) is 5.32 Å². The Morgan fingerprint density at radius 3 is 2.65 bits per heavy atom. The Kier molecular flexibility index (Phi) is 4.52. The lowest BCUT2D eigenvalue weighted by Crippen LogP contribution is -2.28. The average molecular weight is 313 g/mol. The second-order valence-corrected chi connectivity index (χ2v) is 5.15. The van der Waals surface area contributed by atoms with Gasteiger partial charge in [0.1, 0.15) is 0 Å². The molecule has 0 bridgehead atoms. The molecular formula is C13H14Cl2N4O. The van der Waals surface area contributed by atoms with Crippen LogP contribution in [0.2, 0.25) is 10.0 Å². The van der Waals surface area contributed by atoms with Gasteiger partial charge in [-0.2, -0.15) is 5.10 Å². The molecule has 0 aliphatic rings. The molecule has 2 amide bonds. The normalized spacial score (nSPS) is 10.4. The van der Waals surface area contributed by atoms with Gasteiger partial charge in [0.15, 0.2) is 0 Å². The van der Waals surface area contributed by atoms with Gasteiger partial charge < -0.3 is 10.6 Å². The van der Waals surface area contributed by atoms with E-state index in [0.29, 0.717) is 22.3 Å². The summed E-state index contributed by atoms with van der Waals surface area (Å²) >= 11 is 11.7. The first-order valence-corrected chi connectivity index (χ1v) is 6.70. The molecule has 2 aromatic rings. The van der Waals surface area contributed by atoms with Gasteiger partial charge in [-0.05, 0) is 31.2 Å². The third kappa shape index (κ3) is 3.65. The number of carbonyl (C=O) groups excluding carboxylic acids is 1. The minimum atomic E-state index is -0.327. The molecule has 1 heterocycles. The number of benzene rings is 1. The predicted octanol–water partition coefficient (Wildman–Crippen LogP) is 3.36. The van der Waals surface area contributed by atoms with Gasteiger partial charge in [0.25, 0.3) is 0 Å². The lowest BCUT2D eigenvalue weighted by molar-refractivity contribution is 0.251. The maximum atomic E-state index is 11.7. The summed E-state index contributed by atoms with van der Waals surface area (Å²) in [7, 11) is 1.86. The summed E-state index contributed by atoms with van der Waals surface area (Å²) in [5.74, 6) is 0. The highest BCUT2D eigenvalue weighted by atomic mass is 35.5. The Morgan fingerprint density at radius 1 is 1.30 bits per heavy atom. The van der Waals surface area contributed by atoms with Crippen molar-refractivity contribution in [3.8, 4) is 0 Å². The van der Waals surface area contributed by atoms with Crippen molar-refractivity contribution in [2.24, 2.45) is 7.05 Å². The number of rotatable bonds is 3. The maximum Gasteiger partial charge on any atom is 0.319 e. The van der Waals surface area contributed by atoms with Crippen molar-refractivity contribution < 1.29 is 4.79 Å². The number of aryl methyl sites for hydroxylation is 2. The molecule has 0 fully saturated rings. The highest BCUT2D eigenvalue weighted by Crippen LogP contribution is 2.24. The highest BCUT2D eigenvalue weighted by molar-refractivity contribution is 6.42. The number of hydrogen-bond donors (Lipinski definition) is 2. The molecule has 7 heteroatoms. The van der Waals surface area contributed by atoms with E-state index in [4.69, 9.17) is 23.2 Å². The van der Waals surface area contributed by atoms with Crippen LogP contribution in [0.4, 0.5) is 10.5 Å². The van der Waals surface area contributed by atoms with Gasteiger partial charge in [-0.1, -0.05) is 23.2 Å². The summed E-state index contributed by atoms with van der Waals surface area (Å²) in [5.41, 5.74) is 2.41. The fraction of sp³-hybridized carbons (Fsp3) is 0.231. The van der Waals surface area contributed by atoms with Gasteiger partial charge in [-0.25, -0.2) is 4.79 Å². The van der Waals surface area contributed by atoms with Crippen LogP contribution in [-0.2, 0) is 13.6 Å². The lowest BCUT2D eigenvalue weighted by atomic mass is 10.3. The summed E-state index contributed by atoms with van der Waals surface area (Å²) in [6, 6.07) is 6.49. The van der Waals surface area contributed by atoms with Crippen LogP contribution < -0.4 is 10.6 Å². The van der Waals surface area contributed by atoms with Gasteiger partial charge in [0.2, 0.25) is 0 Å². The first kappa shape index (κ1) is 14.7. The summed E-state index contributed by atoms with van der Waals surface area (Å²) < 4.78 is 1.76. The van der Waals surface area contributed by atoms with Gasteiger partial charge in [-0.15, -0.1) is 0 Å². The number of amides is 2. The fourth-order valence-corrected chi connectivity index (χ4v) is 1.94. The summed E-state index contributed by atoms with van der Waals surface area (Å²) in [4.78, 5) is 11.7. The molecular weight excluding hydrogens is 299 g/mol. The van der Waals surface area contributed by atoms with Crippen LogP contribution in [0, 0.1) is 6.92 Å². The van der Waals surface area contributed by atoms with Crippen molar-refractivity contribution >= 4 is 34.9 Å². The third-order valence-electron chi connectivity index (χ3n) is 2.77. The molecule has 1 aromatic heterocycles. The highest BCUT2D eigenvalue weighted by Gasteiger charge is 2.06. The Morgan fingerprint density at radius 2 is 2.05 bits per heavy atom. The van der Waals surface area contributed by atoms with Crippen LogP contribution in [-0.4, -0.2) is 15.8 Å². The largest absolute Gasteiger partial charge is 0.332 e. The molecule has 20 heavy (non-hydrogen) atoms. The van der Waals surface area contributed by atoms with E-state index >= 15 is 0 Å². The molecule has 0 saturated carbocycles. The number of anilines is 1. The van der Waals surface area contributed by atoms with E-state index in [-0.39, 0.29) is 6.03 Å². The van der Waals surface area contributed by atoms with Gasteiger partial charge in [0.05, 0.1) is 22.3 Å². The van der Waals surface area contributed by atoms with E-state index in [1.807, 2.05) is 20.0 Å². The van der Waals surface area contributed by atoms with Crippen LogP contribution in [0.3, 0.4) is 0 Å². The van der Waals surface area contributed by atoms with E-state index in [1.165, 1.54) is 0 Å². The zero-order valence-electron chi connectivity index (χ0n) is 11.1.